The first kappa shape index (κ1) is 19.0. The van der Waals surface area contributed by atoms with Gasteiger partial charge in [-0.25, -0.2) is 0 Å². The van der Waals surface area contributed by atoms with E-state index in [9.17, 15) is 4.79 Å². The molecule has 0 atom stereocenters. The number of amides is 1. The van der Waals surface area contributed by atoms with Gasteiger partial charge in [-0.3, -0.25) is 4.79 Å². The highest BCUT2D eigenvalue weighted by molar-refractivity contribution is 7.99. The average molecular weight is 406 g/mol. The Kier molecular flexibility index (Phi) is 6.77. The molecule has 7 heteroatoms. The highest BCUT2D eigenvalue weighted by Gasteiger charge is 2.21. The van der Waals surface area contributed by atoms with Crippen molar-refractivity contribution < 1.29 is 4.79 Å². The number of halogens is 1. The largest absolute Gasteiger partial charge is 0.362 e. The number of hydrogen-bond donors (Lipinski definition) is 2. The van der Waals surface area contributed by atoms with Gasteiger partial charge >= 0.3 is 0 Å². The summed E-state index contributed by atoms with van der Waals surface area (Å²) in [6, 6.07) is 15.6. The number of rotatable bonds is 6. The summed E-state index contributed by atoms with van der Waals surface area (Å²) in [6.07, 6.45) is 1.57. The molecule has 1 fully saturated rings. The topological polar surface area (TPSA) is 44.4 Å². The first-order chi connectivity index (χ1) is 12.6. The molecule has 2 aromatic carbocycles. The Labute approximate surface area is 168 Å². The highest BCUT2D eigenvalue weighted by atomic mass is 35.5. The molecule has 1 aliphatic heterocycles. The second kappa shape index (κ2) is 9.26. The predicted octanol–water partition coefficient (Wildman–Crippen LogP) is 4.55. The maximum absolute atomic E-state index is 11.8. The molecule has 0 bridgehead atoms. The minimum atomic E-state index is 0.195. The molecule has 26 heavy (non-hydrogen) atoms. The maximum atomic E-state index is 11.8. The molecule has 0 aliphatic carbocycles. The molecule has 1 saturated heterocycles. The third-order valence-electron chi connectivity index (χ3n) is 3.98. The lowest BCUT2D eigenvalue weighted by atomic mass is 10.2. The van der Waals surface area contributed by atoms with Crippen molar-refractivity contribution in [3.05, 3.63) is 53.6 Å². The van der Waals surface area contributed by atoms with Crippen LogP contribution in [0.1, 0.15) is 12.8 Å². The summed E-state index contributed by atoms with van der Waals surface area (Å²) in [6.45, 7) is 1.57. The van der Waals surface area contributed by atoms with Gasteiger partial charge in [0, 0.05) is 46.6 Å². The van der Waals surface area contributed by atoms with E-state index in [4.69, 9.17) is 23.8 Å². The van der Waals surface area contributed by atoms with Gasteiger partial charge in [-0.05, 0) is 67.2 Å². The van der Waals surface area contributed by atoms with Gasteiger partial charge in [-0.1, -0.05) is 11.6 Å². The molecule has 1 heterocycles. The average Bonchev–Trinajstić information content (AvgIpc) is 3.07. The quantitative estimate of drug-likeness (QED) is 0.419. The van der Waals surface area contributed by atoms with Gasteiger partial charge in [-0.15, -0.1) is 11.8 Å². The maximum Gasteiger partial charge on any atom is 0.227 e. The molecule has 4 nitrogen and oxygen atoms in total. The molecule has 1 amide bonds. The van der Waals surface area contributed by atoms with Crippen LogP contribution in [0, 0.1) is 0 Å². The number of benzene rings is 2. The van der Waals surface area contributed by atoms with E-state index in [0.717, 1.165) is 41.7 Å². The van der Waals surface area contributed by atoms with Crippen LogP contribution in [0.2, 0.25) is 5.02 Å². The predicted molar refractivity (Wildman–Crippen MR) is 114 cm³/mol. The lowest BCUT2D eigenvalue weighted by Gasteiger charge is -2.16. The zero-order valence-corrected chi connectivity index (χ0v) is 16.6. The number of thiocarbonyl (C=S) groups is 1. The summed E-state index contributed by atoms with van der Waals surface area (Å²) in [4.78, 5) is 14.8. The van der Waals surface area contributed by atoms with Crippen molar-refractivity contribution in [2.24, 2.45) is 0 Å². The number of thioether (sulfide) groups is 1. The zero-order valence-electron chi connectivity index (χ0n) is 14.2. The van der Waals surface area contributed by atoms with Gasteiger partial charge in [0.25, 0.3) is 0 Å². The van der Waals surface area contributed by atoms with Crippen molar-refractivity contribution in [3.63, 3.8) is 0 Å². The van der Waals surface area contributed by atoms with Gasteiger partial charge < -0.3 is 15.5 Å². The van der Waals surface area contributed by atoms with E-state index in [1.165, 1.54) is 4.90 Å². The Balaban J connectivity index is 1.40. The second-order valence-corrected chi connectivity index (χ2v) is 7.89. The fraction of sp³-hybridized carbons (Fsp3) is 0.263. The van der Waals surface area contributed by atoms with Crippen LogP contribution < -0.4 is 15.5 Å². The zero-order chi connectivity index (χ0) is 18.4. The van der Waals surface area contributed by atoms with E-state index in [1.54, 1.807) is 11.8 Å². The summed E-state index contributed by atoms with van der Waals surface area (Å²) in [5.74, 6) is 1.10. The van der Waals surface area contributed by atoms with Crippen LogP contribution in [-0.2, 0) is 4.79 Å². The molecule has 136 valence electrons. The van der Waals surface area contributed by atoms with Crippen LogP contribution >= 0.6 is 35.6 Å². The SMILES string of the molecule is O=C1CCCN1c1ccc(NC(=S)NCCSc2ccc(Cl)cc2)cc1. The Morgan fingerprint density at radius 1 is 1.15 bits per heavy atom. The summed E-state index contributed by atoms with van der Waals surface area (Å²) in [7, 11) is 0. The number of carbonyl (C=O) groups excluding carboxylic acids is 1. The van der Waals surface area contributed by atoms with Crippen LogP contribution in [0.15, 0.2) is 53.4 Å². The van der Waals surface area contributed by atoms with Crippen LogP contribution in [0.5, 0.6) is 0 Å². The molecule has 2 aromatic rings. The molecule has 1 aliphatic rings. The Bertz CT molecular complexity index is 765. The number of nitrogens with one attached hydrogen (secondary N) is 2. The van der Waals surface area contributed by atoms with Crippen molar-refractivity contribution in [2.45, 2.75) is 17.7 Å². The molecule has 0 spiro atoms. The highest BCUT2D eigenvalue weighted by Crippen LogP contribution is 2.23. The molecule has 0 radical (unpaired) electrons. The lowest BCUT2D eigenvalue weighted by molar-refractivity contribution is -0.117. The van der Waals surface area contributed by atoms with E-state index < -0.39 is 0 Å². The van der Waals surface area contributed by atoms with Crippen LogP contribution in [0.25, 0.3) is 0 Å². The van der Waals surface area contributed by atoms with Crippen molar-refractivity contribution in [1.82, 2.24) is 5.32 Å². The minimum Gasteiger partial charge on any atom is -0.362 e. The number of carbonyl (C=O) groups is 1. The molecule has 0 unspecified atom stereocenters. The van der Waals surface area contributed by atoms with Crippen LogP contribution in [0.4, 0.5) is 11.4 Å². The number of hydrogen-bond acceptors (Lipinski definition) is 3. The van der Waals surface area contributed by atoms with E-state index in [1.807, 2.05) is 53.4 Å². The normalized spacial score (nSPS) is 13.7. The van der Waals surface area contributed by atoms with Gasteiger partial charge in [0.15, 0.2) is 5.11 Å². The van der Waals surface area contributed by atoms with Crippen molar-refractivity contribution >= 4 is 58.0 Å². The monoisotopic (exact) mass is 405 g/mol. The Morgan fingerprint density at radius 3 is 2.54 bits per heavy atom. The van der Waals surface area contributed by atoms with Crippen molar-refractivity contribution in [3.8, 4) is 0 Å². The molecule has 0 aromatic heterocycles. The third-order valence-corrected chi connectivity index (χ3v) is 5.49. The Morgan fingerprint density at radius 2 is 1.88 bits per heavy atom. The molecule has 2 N–H and O–H groups in total. The van der Waals surface area contributed by atoms with Crippen molar-refractivity contribution in [2.75, 3.05) is 29.1 Å². The smallest absolute Gasteiger partial charge is 0.227 e. The van der Waals surface area contributed by atoms with Crippen LogP contribution in [-0.4, -0.2) is 29.9 Å². The van der Waals surface area contributed by atoms with Crippen molar-refractivity contribution in [1.29, 1.82) is 0 Å². The third kappa shape index (κ3) is 5.37. The van der Waals surface area contributed by atoms with Gasteiger partial charge in [0.2, 0.25) is 5.91 Å². The first-order valence-corrected chi connectivity index (χ1v) is 10.2. The first-order valence-electron chi connectivity index (χ1n) is 8.45. The summed E-state index contributed by atoms with van der Waals surface area (Å²) in [5.41, 5.74) is 1.85. The summed E-state index contributed by atoms with van der Waals surface area (Å²) < 4.78 is 0. The number of nitrogens with zero attached hydrogens (tertiary/aromatic N) is 1. The fourth-order valence-electron chi connectivity index (χ4n) is 2.69. The van der Waals surface area contributed by atoms with E-state index >= 15 is 0 Å². The van der Waals surface area contributed by atoms with Gasteiger partial charge in [-0.2, -0.15) is 0 Å². The molecular formula is C19H20ClN3OS2. The standard InChI is InChI=1S/C19H20ClN3OS2/c20-14-3-9-17(10-4-14)26-13-11-21-19(25)22-15-5-7-16(8-6-15)23-12-1-2-18(23)24/h3-10H,1-2,11-13H2,(H2,21,22,25). The van der Waals surface area contributed by atoms with Gasteiger partial charge in [0.1, 0.15) is 0 Å². The number of anilines is 2. The van der Waals surface area contributed by atoms with E-state index in [-0.39, 0.29) is 5.91 Å². The summed E-state index contributed by atoms with van der Waals surface area (Å²) in [5, 5.41) is 7.70. The van der Waals surface area contributed by atoms with E-state index in [0.29, 0.717) is 11.5 Å². The minimum absolute atomic E-state index is 0.195. The second-order valence-electron chi connectivity index (χ2n) is 5.88. The van der Waals surface area contributed by atoms with Gasteiger partial charge in [0.05, 0.1) is 0 Å². The van der Waals surface area contributed by atoms with Crippen LogP contribution in [0.3, 0.4) is 0 Å². The lowest BCUT2D eigenvalue weighted by Crippen LogP contribution is -2.30. The fourth-order valence-corrected chi connectivity index (χ4v) is 3.80. The molecular weight excluding hydrogens is 386 g/mol. The summed E-state index contributed by atoms with van der Waals surface area (Å²) >= 11 is 13.0. The Hall–Kier alpha value is -1.76. The molecule has 0 saturated carbocycles. The molecule has 3 rings (SSSR count). The van der Waals surface area contributed by atoms with E-state index in [2.05, 4.69) is 10.6 Å².